The highest BCUT2D eigenvalue weighted by molar-refractivity contribution is 5.66. The molecule has 0 saturated carbocycles. The van der Waals surface area contributed by atoms with Crippen LogP contribution in [0.25, 0.3) is 0 Å². The summed E-state index contributed by atoms with van der Waals surface area (Å²) in [4.78, 5) is 10.0. The fourth-order valence-corrected chi connectivity index (χ4v) is 0.0704. The lowest BCUT2D eigenvalue weighted by Gasteiger charge is -1.74. The molecule has 1 amide bonds. The molecule has 36 valence electrons. The van der Waals surface area contributed by atoms with Gasteiger partial charge in [-0.05, 0) is 0 Å². The van der Waals surface area contributed by atoms with Crippen molar-refractivity contribution in [2.45, 2.75) is 6.92 Å². The second kappa shape index (κ2) is 2.08. The van der Waals surface area contributed by atoms with Crippen molar-refractivity contribution in [2.75, 3.05) is 0 Å². The van der Waals surface area contributed by atoms with Crippen molar-refractivity contribution in [3.63, 3.8) is 0 Å². The molecule has 0 bridgehead atoms. The Morgan fingerprint density at radius 1 is 2.00 bits per heavy atom. The van der Waals surface area contributed by atoms with Crippen LogP contribution in [0.4, 0.5) is 0 Å². The quantitative estimate of drug-likeness (QED) is 0.181. The van der Waals surface area contributed by atoms with E-state index >= 15 is 0 Å². The second-order valence-corrected chi connectivity index (χ2v) is 1.05. The van der Waals surface area contributed by atoms with Crippen molar-refractivity contribution < 1.29 is 9.37 Å². The predicted molar refractivity (Wildman–Crippen MR) is 23.7 cm³/mol. The fraction of sp³-hybridized carbons (Fsp3) is 0.250. The van der Waals surface area contributed by atoms with Crippen LogP contribution in [0.15, 0.2) is 0 Å². The highest BCUT2D eigenvalue weighted by Crippen LogP contribution is 1.65. The van der Waals surface area contributed by atoms with Crippen molar-refractivity contribution in [1.29, 1.82) is 5.26 Å². The lowest BCUT2D eigenvalue weighted by molar-refractivity contribution is -0.354. The van der Waals surface area contributed by atoms with E-state index in [2.05, 4.69) is 6.72 Å². The Kier molecular flexibility index (Phi) is 1.74. The fourth-order valence-electron chi connectivity index (χ4n) is 0.0704. The molecular formula is C4H5N2O+. The minimum atomic E-state index is -0.345. The van der Waals surface area contributed by atoms with Gasteiger partial charge in [-0.3, -0.25) is 0 Å². The van der Waals surface area contributed by atoms with Crippen LogP contribution in [0.1, 0.15) is 6.92 Å². The molecule has 0 unspecified atom stereocenters. The normalized spacial score (nSPS) is 6.86. The van der Waals surface area contributed by atoms with Crippen molar-refractivity contribution in [2.24, 2.45) is 0 Å². The van der Waals surface area contributed by atoms with Gasteiger partial charge in [0, 0.05) is 6.92 Å². The van der Waals surface area contributed by atoms with Gasteiger partial charge in [0.25, 0.3) is 0 Å². The van der Waals surface area contributed by atoms with E-state index in [1.165, 1.54) is 13.1 Å². The molecule has 0 aromatic carbocycles. The minimum Gasteiger partial charge on any atom is -0.246 e. The number of hydrogen-bond acceptors (Lipinski definition) is 2. The molecule has 0 fully saturated rings. The van der Waals surface area contributed by atoms with E-state index in [-0.39, 0.29) is 5.91 Å². The molecule has 3 nitrogen and oxygen atoms in total. The lowest BCUT2D eigenvalue weighted by atomic mass is 10.7. The van der Waals surface area contributed by atoms with Crippen molar-refractivity contribution in [1.82, 2.24) is 0 Å². The Balaban J connectivity index is 3.90. The predicted octanol–water partition coefficient (Wildman–Crippen LogP) is -0.273. The third-order valence-corrected chi connectivity index (χ3v) is 0.501. The van der Waals surface area contributed by atoms with Gasteiger partial charge in [0.15, 0.2) is 5.26 Å². The van der Waals surface area contributed by atoms with Crippen molar-refractivity contribution >= 4 is 12.6 Å². The first-order chi connectivity index (χ1) is 3.18. The summed E-state index contributed by atoms with van der Waals surface area (Å²) in [6.07, 6.45) is 1.54. The van der Waals surface area contributed by atoms with Gasteiger partial charge in [0.05, 0.1) is 6.72 Å². The first-order valence-electron chi connectivity index (χ1n) is 1.69. The van der Waals surface area contributed by atoms with Crippen LogP contribution < -0.4 is 0 Å². The molecule has 0 aromatic rings. The molecule has 3 heteroatoms. The third-order valence-electron chi connectivity index (χ3n) is 0.501. The maximum atomic E-state index is 10.0. The van der Waals surface area contributed by atoms with Gasteiger partial charge in [-0.1, -0.05) is 0 Å². The molecule has 0 aliphatic rings. The van der Waals surface area contributed by atoms with E-state index in [9.17, 15) is 4.79 Å². The first kappa shape index (κ1) is 5.83. The largest absolute Gasteiger partial charge is 0.466 e. The number of hydrogen-bond donors (Lipinski definition) is 0. The molecule has 0 aliphatic heterocycles. The summed E-state index contributed by atoms with van der Waals surface area (Å²) in [5.41, 5.74) is 0. The summed E-state index contributed by atoms with van der Waals surface area (Å²) >= 11 is 0. The zero-order chi connectivity index (χ0) is 5.86. The zero-order valence-corrected chi connectivity index (χ0v) is 4.01. The number of carbonyl (C=O) groups excluding carboxylic acids is 1. The van der Waals surface area contributed by atoms with Crippen LogP contribution in [-0.4, -0.2) is 17.2 Å². The molecule has 0 heterocycles. The van der Waals surface area contributed by atoms with E-state index < -0.39 is 0 Å². The highest BCUT2D eigenvalue weighted by atomic mass is 16.1. The smallest absolute Gasteiger partial charge is 0.246 e. The topological polar surface area (TPSA) is 43.9 Å². The summed E-state index contributed by atoms with van der Waals surface area (Å²) in [6, 6.07) is 0. The number of rotatable bonds is 0. The number of amides is 1. The van der Waals surface area contributed by atoms with E-state index in [1.807, 2.05) is 0 Å². The second-order valence-electron chi connectivity index (χ2n) is 1.05. The van der Waals surface area contributed by atoms with Crippen molar-refractivity contribution in [3.05, 3.63) is 0 Å². The van der Waals surface area contributed by atoms with Gasteiger partial charge in [-0.15, -0.1) is 4.58 Å². The summed E-state index contributed by atoms with van der Waals surface area (Å²) < 4.78 is 0.708. The van der Waals surface area contributed by atoms with Gasteiger partial charge in [0.2, 0.25) is 0 Å². The standard InChI is InChI=1S/C4H5N2O/c1-4(7)6(2)3-5/h2H2,1H3/q+1. The Morgan fingerprint density at radius 2 is 2.43 bits per heavy atom. The SMILES string of the molecule is C=[N+](C#N)C(C)=O. The molecule has 0 atom stereocenters. The molecular weight excluding hydrogens is 92.1 g/mol. The van der Waals surface area contributed by atoms with Crippen molar-refractivity contribution in [3.8, 4) is 6.19 Å². The number of nitriles is 1. The van der Waals surface area contributed by atoms with E-state index in [4.69, 9.17) is 5.26 Å². The maximum absolute atomic E-state index is 10.0. The van der Waals surface area contributed by atoms with Crippen LogP contribution >= 0.6 is 0 Å². The van der Waals surface area contributed by atoms with Crippen LogP contribution in [0.5, 0.6) is 0 Å². The molecule has 0 rings (SSSR count). The Hall–Kier alpha value is -1.17. The Labute approximate surface area is 41.5 Å². The molecule has 0 aromatic heterocycles. The molecule has 7 heavy (non-hydrogen) atoms. The molecule has 0 saturated heterocycles. The van der Waals surface area contributed by atoms with Gasteiger partial charge in [-0.25, -0.2) is 4.79 Å². The number of carbonyl (C=O) groups is 1. The number of nitrogens with zero attached hydrogens (tertiary/aromatic N) is 2. The Bertz CT molecular complexity index is 142. The molecule has 0 radical (unpaired) electrons. The summed E-state index contributed by atoms with van der Waals surface area (Å²) in [5.74, 6) is -0.345. The summed E-state index contributed by atoms with van der Waals surface area (Å²) in [5, 5.41) is 7.90. The lowest BCUT2D eigenvalue weighted by Crippen LogP contribution is -2.07. The third kappa shape index (κ3) is 1.66. The highest BCUT2D eigenvalue weighted by Gasteiger charge is 1.98. The van der Waals surface area contributed by atoms with Crippen LogP contribution in [-0.2, 0) is 4.79 Å². The monoisotopic (exact) mass is 97.0 g/mol. The molecule has 0 N–H and O–H groups in total. The van der Waals surface area contributed by atoms with Gasteiger partial charge in [0.1, 0.15) is 0 Å². The average molecular weight is 97.1 g/mol. The zero-order valence-electron chi connectivity index (χ0n) is 4.01. The van der Waals surface area contributed by atoms with E-state index in [0.29, 0.717) is 4.58 Å². The van der Waals surface area contributed by atoms with E-state index in [1.54, 1.807) is 0 Å². The summed E-state index contributed by atoms with van der Waals surface area (Å²) in [6.45, 7) is 4.35. The van der Waals surface area contributed by atoms with Gasteiger partial charge in [-0.2, -0.15) is 0 Å². The van der Waals surface area contributed by atoms with E-state index in [0.717, 1.165) is 0 Å². The summed E-state index contributed by atoms with van der Waals surface area (Å²) in [7, 11) is 0. The average Bonchev–Trinajstić information content (AvgIpc) is 1.65. The maximum Gasteiger partial charge on any atom is 0.466 e. The minimum absolute atomic E-state index is 0.345. The van der Waals surface area contributed by atoms with Crippen LogP contribution in [0.2, 0.25) is 0 Å². The van der Waals surface area contributed by atoms with Crippen LogP contribution in [0.3, 0.4) is 0 Å². The van der Waals surface area contributed by atoms with Gasteiger partial charge < -0.3 is 0 Å². The van der Waals surface area contributed by atoms with Crippen LogP contribution in [0, 0.1) is 11.5 Å². The van der Waals surface area contributed by atoms with Gasteiger partial charge >= 0.3 is 12.1 Å². The molecule has 0 spiro atoms. The first-order valence-corrected chi connectivity index (χ1v) is 1.69. The Morgan fingerprint density at radius 3 is 2.43 bits per heavy atom. The molecule has 0 aliphatic carbocycles.